The molecule has 0 aliphatic carbocycles. The summed E-state index contributed by atoms with van der Waals surface area (Å²) in [5.41, 5.74) is 10.4. The van der Waals surface area contributed by atoms with Gasteiger partial charge in [0.25, 0.3) is 10.0 Å². The fraction of sp³-hybridized carbons (Fsp3) is 0.240. The van der Waals surface area contributed by atoms with E-state index < -0.39 is 10.0 Å². The Balaban J connectivity index is 1.74. The maximum absolute atomic E-state index is 12.7. The third kappa shape index (κ3) is 4.88. The number of aryl methyl sites for hydroxylation is 1. The zero-order chi connectivity index (χ0) is 26.0. The largest absolute Gasteiger partial charge is 0.496 e. The van der Waals surface area contributed by atoms with Crippen LogP contribution in [0.4, 0.5) is 11.5 Å². The second-order valence-corrected chi connectivity index (χ2v) is 10.4. The molecule has 188 valence electrons. The molecule has 0 fully saturated rings. The quantitative estimate of drug-likeness (QED) is 0.386. The Morgan fingerprint density at radius 2 is 1.81 bits per heavy atom. The number of sulfonamides is 1. The maximum atomic E-state index is 12.7. The minimum absolute atomic E-state index is 0.313. The number of rotatable bonds is 8. The van der Waals surface area contributed by atoms with E-state index in [-0.39, 0.29) is 0 Å². The summed E-state index contributed by atoms with van der Waals surface area (Å²) in [5.74, 6) is 1.05. The van der Waals surface area contributed by atoms with Crippen LogP contribution in [0.5, 0.6) is 5.75 Å². The predicted octanol–water partition coefficient (Wildman–Crippen LogP) is 3.22. The average molecular weight is 508 g/mol. The number of hydrogen-bond donors (Lipinski definition) is 1. The summed E-state index contributed by atoms with van der Waals surface area (Å²) in [4.78, 5) is 10.5. The van der Waals surface area contributed by atoms with E-state index in [1.165, 1.54) is 23.1 Å². The van der Waals surface area contributed by atoms with Gasteiger partial charge in [0.15, 0.2) is 5.65 Å². The van der Waals surface area contributed by atoms with Crippen molar-refractivity contribution in [3.8, 4) is 22.7 Å². The van der Waals surface area contributed by atoms with E-state index in [4.69, 9.17) is 15.6 Å². The molecule has 0 aliphatic rings. The van der Waals surface area contributed by atoms with E-state index in [0.29, 0.717) is 40.5 Å². The number of nitrogen functional groups attached to an aromatic ring is 1. The van der Waals surface area contributed by atoms with Gasteiger partial charge in [-0.1, -0.05) is 18.2 Å². The molecule has 0 saturated heterocycles. The number of nitrogens with zero attached hydrogens (tertiary/aromatic N) is 6. The van der Waals surface area contributed by atoms with Crippen molar-refractivity contribution in [3.05, 3.63) is 65.8 Å². The summed E-state index contributed by atoms with van der Waals surface area (Å²) < 4.78 is 33.7. The van der Waals surface area contributed by atoms with Crippen molar-refractivity contribution in [2.24, 2.45) is 0 Å². The van der Waals surface area contributed by atoms with Gasteiger partial charge < -0.3 is 15.4 Å². The number of methoxy groups -OCH3 is 1. The van der Waals surface area contributed by atoms with E-state index >= 15 is 0 Å². The number of benzene rings is 2. The number of fused-ring (bicyclic) bond motifs is 1. The van der Waals surface area contributed by atoms with Crippen molar-refractivity contribution in [3.63, 3.8) is 0 Å². The second kappa shape index (κ2) is 9.96. The lowest BCUT2D eigenvalue weighted by molar-refractivity contribution is 0.412. The predicted molar refractivity (Wildman–Crippen MR) is 143 cm³/mol. The van der Waals surface area contributed by atoms with Crippen molar-refractivity contribution < 1.29 is 13.2 Å². The van der Waals surface area contributed by atoms with Crippen molar-refractivity contribution in [1.29, 1.82) is 0 Å². The van der Waals surface area contributed by atoms with Crippen LogP contribution < -0.4 is 14.8 Å². The molecule has 2 aromatic heterocycles. The third-order valence-electron chi connectivity index (χ3n) is 5.75. The number of ether oxygens (including phenoxy) is 1. The van der Waals surface area contributed by atoms with Crippen LogP contribution in [0.3, 0.4) is 0 Å². The minimum atomic E-state index is -3.61. The maximum Gasteiger partial charge on any atom is 0.256 e. The summed E-state index contributed by atoms with van der Waals surface area (Å²) in [6.07, 6.45) is 3.01. The first-order chi connectivity index (χ1) is 17.1. The average Bonchev–Trinajstić information content (AvgIpc) is 3.24. The molecular weight excluding hydrogens is 478 g/mol. The number of anilines is 2. The Labute approximate surface area is 210 Å². The van der Waals surface area contributed by atoms with E-state index in [1.54, 1.807) is 42.1 Å². The van der Waals surface area contributed by atoms with Gasteiger partial charge in [-0.25, -0.2) is 23.1 Å². The molecule has 36 heavy (non-hydrogen) atoms. The number of likely N-dealkylation sites (N-methyl/N-ethyl adjacent to an activating group) is 1. The number of nitrogens with two attached hydrogens (primary N) is 1. The highest BCUT2D eigenvalue weighted by Gasteiger charge is 2.20. The molecule has 0 spiro atoms. The zero-order valence-electron chi connectivity index (χ0n) is 20.9. The van der Waals surface area contributed by atoms with E-state index in [2.05, 4.69) is 9.97 Å². The summed E-state index contributed by atoms with van der Waals surface area (Å²) in [6, 6.07) is 12.8. The molecule has 2 aromatic carbocycles. The molecule has 0 bridgehead atoms. The van der Waals surface area contributed by atoms with Crippen LogP contribution in [0.1, 0.15) is 5.56 Å². The summed E-state index contributed by atoms with van der Waals surface area (Å²) >= 11 is 0. The highest BCUT2D eigenvalue weighted by Crippen LogP contribution is 2.34. The molecule has 0 unspecified atom stereocenters. The van der Waals surface area contributed by atoms with Crippen LogP contribution in [-0.2, 0) is 10.0 Å². The molecule has 10 nitrogen and oxygen atoms in total. The molecule has 0 saturated carbocycles. The van der Waals surface area contributed by atoms with Gasteiger partial charge in [-0.15, -0.1) is 0 Å². The van der Waals surface area contributed by atoms with Crippen molar-refractivity contribution in [2.75, 3.05) is 44.8 Å². The molecule has 11 heteroatoms. The molecule has 2 heterocycles. The van der Waals surface area contributed by atoms with E-state index in [0.717, 1.165) is 16.9 Å². The Kier molecular flexibility index (Phi) is 6.95. The van der Waals surface area contributed by atoms with Crippen LogP contribution in [0.15, 0.2) is 60.3 Å². The smallest absolute Gasteiger partial charge is 0.256 e. The summed E-state index contributed by atoms with van der Waals surface area (Å²) in [7, 11) is 3.27. The minimum Gasteiger partial charge on any atom is -0.496 e. The van der Waals surface area contributed by atoms with Crippen molar-refractivity contribution >= 4 is 32.6 Å². The standard InChI is InChI=1S/C25H29N7O3S/c1-17-7-8-18(15-21(17)35-5)23-22-24(26)27-16-28-25(22)32(29-23)20-11-9-19(10-12-20)31(4)36(33,34)14-6-13-30(2)3/h6-12,14-16H,13H2,1-5H3,(H2,26,27,28)/b14-6+. The Morgan fingerprint density at radius 3 is 2.47 bits per heavy atom. The Hall–Kier alpha value is -3.96. The van der Waals surface area contributed by atoms with E-state index in [9.17, 15) is 8.42 Å². The first kappa shape index (κ1) is 25.1. The van der Waals surface area contributed by atoms with Gasteiger partial charge in [0, 0.05) is 24.6 Å². The topological polar surface area (TPSA) is 119 Å². The van der Waals surface area contributed by atoms with Crippen LogP contribution >= 0.6 is 0 Å². The Bertz CT molecular complexity index is 1530. The fourth-order valence-electron chi connectivity index (χ4n) is 3.74. The van der Waals surface area contributed by atoms with Crippen LogP contribution in [0.2, 0.25) is 0 Å². The lowest BCUT2D eigenvalue weighted by Gasteiger charge is -2.17. The van der Waals surface area contributed by atoms with Crippen LogP contribution in [0, 0.1) is 6.92 Å². The second-order valence-electron chi connectivity index (χ2n) is 8.57. The van der Waals surface area contributed by atoms with Gasteiger partial charge in [-0.2, -0.15) is 5.10 Å². The van der Waals surface area contributed by atoms with E-state index in [1.807, 2.05) is 44.1 Å². The molecule has 4 rings (SSSR count). The van der Waals surface area contributed by atoms with Crippen LogP contribution in [-0.4, -0.2) is 67.9 Å². The lowest BCUT2D eigenvalue weighted by Crippen LogP contribution is -2.24. The monoisotopic (exact) mass is 507 g/mol. The molecule has 4 aromatic rings. The van der Waals surface area contributed by atoms with Gasteiger partial charge in [0.05, 0.1) is 23.9 Å². The molecule has 0 atom stereocenters. The number of aromatic nitrogens is 4. The molecule has 0 radical (unpaired) electrons. The van der Waals surface area contributed by atoms with Crippen LogP contribution in [0.25, 0.3) is 28.0 Å². The van der Waals surface area contributed by atoms with Gasteiger partial charge >= 0.3 is 0 Å². The Morgan fingerprint density at radius 1 is 1.08 bits per heavy atom. The van der Waals surface area contributed by atoms with Crippen molar-refractivity contribution in [2.45, 2.75) is 6.92 Å². The van der Waals surface area contributed by atoms with Crippen molar-refractivity contribution in [1.82, 2.24) is 24.6 Å². The highest BCUT2D eigenvalue weighted by molar-refractivity contribution is 7.95. The lowest BCUT2D eigenvalue weighted by atomic mass is 10.1. The number of hydrogen-bond acceptors (Lipinski definition) is 8. The molecular formula is C25H29N7O3S. The first-order valence-electron chi connectivity index (χ1n) is 11.2. The third-order valence-corrected chi connectivity index (χ3v) is 7.26. The SMILES string of the molecule is COc1cc(-c2nn(-c3ccc(N(C)S(=O)(=O)/C=C/CN(C)C)cc3)c3ncnc(N)c23)ccc1C. The normalized spacial score (nSPS) is 12.1. The van der Waals surface area contributed by atoms with Gasteiger partial charge in [-0.05, 0) is 56.9 Å². The van der Waals surface area contributed by atoms with Gasteiger partial charge in [0.1, 0.15) is 23.6 Å². The highest BCUT2D eigenvalue weighted by atomic mass is 32.2. The molecule has 0 aliphatic heterocycles. The first-order valence-corrected chi connectivity index (χ1v) is 12.7. The van der Waals surface area contributed by atoms with Gasteiger partial charge in [-0.3, -0.25) is 4.31 Å². The van der Waals surface area contributed by atoms with Gasteiger partial charge in [0.2, 0.25) is 0 Å². The fourth-order valence-corrected chi connectivity index (χ4v) is 4.67. The molecule has 2 N–H and O–H groups in total. The molecule has 0 amide bonds. The summed E-state index contributed by atoms with van der Waals surface area (Å²) in [6.45, 7) is 2.49. The summed E-state index contributed by atoms with van der Waals surface area (Å²) in [5, 5.41) is 6.64. The zero-order valence-corrected chi connectivity index (χ0v) is 21.7.